The van der Waals surface area contributed by atoms with Gasteiger partial charge in [0.15, 0.2) is 0 Å². The van der Waals surface area contributed by atoms with Gasteiger partial charge in [-0.25, -0.2) is 4.39 Å². The Morgan fingerprint density at radius 1 is 1.59 bits per heavy atom. The maximum absolute atomic E-state index is 13.1. The van der Waals surface area contributed by atoms with Crippen LogP contribution in [-0.4, -0.2) is 23.6 Å². The second-order valence-electron chi connectivity index (χ2n) is 3.73. The zero-order chi connectivity index (χ0) is 11.9. The molecule has 8 heteroatoms. The topological polar surface area (TPSA) is 99.6 Å². The van der Waals surface area contributed by atoms with Gasteiger partial charge < -0.3 is 19.9 Å². The second-order valence-corrected chi connectivity index (χ2v) is 3.73. The lowest BCUT2D eigenvalue weighted by Crippen LogP contribution is -2.54. The van der Waals surface area contributed by atoms with Crippen LogP contribution >= 0.6 is 0 Å². The van der Waals surface area contributed by atoms with Crippen LogP contribution in [0.25, 0.3) is 0 Å². The van der Waals surface area contributed by atoms with E-state index in [4.69, 9.17) is 9.31 Å². The number of hydrogen-bond donors (Lipinski definition) is 1. The minimum absolute atomic E-state index is 0. The maximum atomic E-state index is 13.1. The van der Waals surface area contributed by atoms with Gasteiger partial charge in [0, 0.05) is 12.4 Å². The molecule has 0 spiro atoms. The van der Waals surface area contributed by atoms with E-state index in [0.717, 1.165) is 6.92 Å². The van der Waals surface area contributed by atoms with E-state index in [2.05, 4.69) is 5.18 Å². The molecule has 1 aromatic carbocycles. The molecule has 1 atom stereocenters. The summed E-state index contributed by atoms with van der Waals surface area (Å²) in [5.41, 5.74) is 1.09. The van der Waals surface area contributed by atoms with Gasteiger partial charge in [-0.15, -0.1) is 4.91 Å². The van der Waals surface area contributed by atoms with E-state index in [0.29, 0.717) is 16.8 Å². The molecule has 0 amide bonds. The van der Waals surface area contributed by atoms with Crippen molar-refractivity contribution in [3.05, 3.63) is 28.4 Å². The van der Waals surface area contributed by atoms with Crippen LogP contribution in [0.5, 0.6) is 5.75 Å². The van der Waals surface area contributed by atoms with Crippen LogP contribution < -0.4 is 10.1 Å². The van der Waals surface area contributed by atoms with Gasteiger partial charge >= 0.3 is 7.12 Å². The molecule has 1 aromatic rings. The summed E-state index contributed by atoms with van der Waals surface area (Å²) in [6.07, 6.45) is 0. The summed E-state index contributed by atoms with van der Waals surface area (Å²) in [6, 6.07) is 2.56. The number of halogens is 1. The minimum atomic E-state index is -2.18. The van der Waals surface area contributed by atoms with Gasteiger partial charge in [-0.1, -0.05) is 0 Å². The summed E-state index contributed by atoms with van der Waals surface area (Å²) in [7, 11) is -0.961. The van der Waals surface area contributed by atoms with Crippen LogP contribution in [0.4, 0.5) is 4.39 Å². The lowest BCUT2D eigenvalue weighted by Gasteiger charge is -2.31. The van der Waals surface area contributed by atoms with Crippen LogP contribution in [0.2, 0.25) is 0 Å². The maximum Gasteiger partial charge on any atom is 0.570 e. The number of benzene rings is 1. The quantitative estimate of drug-likeness (QED) is 0.453. The highest BCUT2D eigenvalue weighted by molar-refractivity contribution is 6.67. The summed E-state index contributed by atoms with van der Waals surface area (Å²) in [5.74, 6) is -2.09. The van der Waals surface area contributed by atoms with E-state index < -0.39 is 18.8 Å². The molecule has 0 fully saturated rings. The lowest BCUT2D eigenvalue weighted by atomic mass is 9.71. The summed E-state index contributed by atoms with van der Waals surface area (Å²) in [6.45, 7) is 2.77. The minimum Gasteiger partial charge on any atom is -0.532 e. The third-order valence-electron chi connectivity index (χ3n) is 2.25. The van der Waals surface area contributed by atoms with Crippen molar-refractivity contribution < 1.29 is 24.3 Å². The number of nitrogens with zero attached hydrogens (tertiary/aromatic N) is 1. The summed E-state index contributed by atoms with van der Waals surface area (Å²) < 4.78 is 23.1. The van der Waals surface area contributed by atoms with Crippen molar-refractivity contribution in [1.29, 1.82) is 0 Å². The first kappa shape index (κ1) is 13.6. The van der Waals surface area contributed by atoms with E-state index in [1.807, 2.05) is 0 Å². The van der Waals surface area contributed by atoms with Crippen molar-refractivity contribution in [3.8, 4) is 5.75 Å². The highest BCUT2D eigenvalue weighted by Crippen LogP contribution is 2.27. The molecule has 0 aliphatic carbocycles. The van der Waals surface area contributed by atoms with E-state index in [-0.39, 0.29) is 5.48 Å². The van der Waals surface area contributed by atoms with Crippen molar-refractivity contribution in [2.75, 3.05) is 0 Å². The molecule has 0 bridgehead atoms. The summed E-state index contributed by atoms with van der Waals surface area (Å²) in [4.78, 5) is 10.2. The molecule has 1 heterocycles. The molecule has 6 nitrogen and oxygen atoms in total. The smallest absolute Gasteiger partial charge is 0.532 e. The van der Waals surface area contributed by atoms with Crippen LogP contribution in [0.1, 0.15) is 12.5 Å². The molecule has 0 aromatic heterocycles. The second kappa shape index (κ2) is 4.40. The van der Waals surface area contributed by atoms with Crippen LogP contribution in [0, 0.1) is 17.6 Å². The number of rotatable bonds is 3. The zero-order valence-corrected chi connectivity index (χ0v) is 9.23. The molecule has 2 rings (SSSR count). The van der Waals surface area contributed by atoms with E-state index >= 15 is 0 Å². The normalized spacial score (nSPS) is 15.9. The first-order valence-electron chi connectivity index (χ1n) is 4.64. The fourth-order valence-corrected chi connectivity index (χ4v) is 1.52. The predicted molar refractivity (Wildman–Crippen MR) is 58.3 cm³/mol. The Balaban J connectivity index is 0.00000144. The Labute approximate surface area is 96.8 Å². The Morgan fingerprint density at radius 2 is 2.24 bits per heavy atom. The molecule has 92 valence electrons. The molecule has 3 N–H and O–H groups in total. The highest BCUT2D eigenvalue weighted by Gasteiger charge is 2.44. The fraction of sp³-hybridized carbons (Fsp3) is 0.333. The van der Waals surface area contributed by atoms with Crippen molar-refractivity contribution in [2.24, 2.45) is 5.18 Å². The molecular formula is C9H11BFNO5. The van der Waals surface area contributed by atoms with Crippen molar-refractivity contribution in [1.82, 2.24) is 0 Å². The van der Waals surface area contributed by atoms with E-state index in [1.165, 1.54) is 12.1 Å². The van der Waals surface area contributed by atoms with Crippen LogP contribution in [0.3, 0.4) is 0 Å². The fourth-order valence-electron chi connectivity index (χ4n) is 1.52. The predicted octanol–water partition coefficient (Wildman–Crippen LogP) is -0.154. The third-order valence-corrected chi connectivity index (χ3v) is 2.25. The zero-order valence-electron chi connectivity index (χ0n) is 9.23. The standard InChI is InChI=1S/C9H9BFNO4.H2O/c1-5-3-6(11)4-7-8(5)15-10(7)16-9(2,13)12-14;/h3-4,13H,1-2H3;1H2. The first-order chi connectivity index (χ1) is 7.43. The molecular weight excluding hydrogens is 232 g/mol. The average molecular weight is 243 g/mol. The molecule has 0 radical (unpaired) electrons. The van der Waals surface area contributed by atoms with Gasteiger partial charge in [0.2, 0.25) is 0 Å². The number of aliphatic hydroxyl groups is 1. The molecule has 1 aliphatic heterocycles. The Kier molecular flexibility index (Phi) is 3.51. The number of nitroso groups, excluding NO2 is 1. The van der Waals surface area contributed by atoms with Gasteiger partial charge in [0.25, 0.3) is 5.91 Å². The SMILES string of the molecule is Cc1cc(F)cc2c1OB2OC(C)(O)N=O.O. The Bertz CT molecular complexity index is 453. The molecule has 1 aliphatic rings. The summed E-state index contributed by atoms with van der Waals surface area (Å²) in [5, 5.41) is 11.6. The largest absolute Gasteiger partial charge is 0.570 e. The first-order valence-corrected chi connectivity index (χ1v) is 4.64. The van der Waals surface area contributed by atoms with Crippen LogP contribution in [-0.2, 0) is 4.65 Å². The number of hydrogen-bond acceptors (Lipinski definition) is 5. The number of aryl methyl sites for hydroxylation is 1. The highest BCUT2D eigenvalue weighted by atomic mass is 19.1. The van der Waals surface area contributed by atoms with Gasteiger partial charge in [-0.05, 0) is 29.8 Å². The monoisotopic (exact) mass is 243 g/mol. The van der Waals surface area contributed by atoms with Crippen molar-refractivity contribution in [3.63, 3.8) is 0 Å². The van der Waals surface area contributed by atoms with Gasteiger partial charge in [0.1, 0.15) is 11.6 Å². The Hall–Kier alpha value is -1.51. The third kappa shape index (κ3) is 2.43. The summed E-state index contributed by atoms with van der Waals surface area (Å²) >= 11 is 0. The van der Waals surface area contributed by atoms with Gasteiger partial charge in [-0.2, -0.15) is 0 Å². The number of fused-ring (bicyclic) bond motifs is 1. The van der Waals surface area contributed by atoms with E-state index in [9.17, 15) is 14.4 Å². The average Bonchev–Trinajstić information content (AvgIpc) is 2.19. The van der Waals surface area contributed by atoms with Crippen molar-refractivity contribution in [2.45, 2.75) is 19.8 Å². The molecule has 0 saturated heterocycles. The van der Waals surface area contributed by atoms with E-state index in [1.54, 1.807) is 6.92 Å². The Morgan fingerprint density at radius 3 is 2.82 bits per heavy atom. The lowest BCUT2D eigenvalue weighted by molar-refractivity contribution is -0.125. The molecule has 1 unspecified atom stereocenters. The van der Waals surface area contributed by atoms with Crippen molar-refractivity contribution >= 4 is 12.6 Å². The van der Waals surface area contributed by atoms with Gasteiger partial charge in [0.05, 0.1) is 0 Å². The van der Waals surface area contributed by atoms with Crippen LogP contribution in [0.15, 0.2) is 17.3 Å². The molecule has 17 heavy (non-hydrogen) atoms. The van der Waals surface area contributed by atoms with Gasteiger partial charge in [-0.3, -0.25) is 0 Å². The molecule has 0 saturated carbocycles.